The van der Waals surface area contributed by atoms with E-state index in [1.807, 2.05) is 6.92 Å². The Bertz CT molecular complexity index is 303. The van der Waals surface area contributed by atoms with Gasteiger partial charge in [0.2, 0.25) is 0 Å². The molecule has 0 aliphatic heterocycles. The largest absolute Gasteiger partial charge is 0.473 e. The van der Waals surface area contributed by atoms with Crippen molar-refractivity contribution in [2.75, 3.05) is 19.9 Å². The maximum atomic E-state index is 5.35. The first kappa shape index (κ1) is 20.8. The van der Waals surface area contributed by atoms with Crippen molar-refractivity contribution >= 4 is 5.96 Å². The first-order valence-electron chi connectivity index (χ1n) is 8.35. The standard InChI is InChI=1S/C17H35N3O2/c1-14(2)19-17(20-15(3)4)18-11-9-7-8-10-12-21-13-22-16(5)6/h14-15H,5,7-13H2,1-4,6H3,(H2,18,19,20). The number of hydrogen-bond donors (Lipinski definition) is 2. The van der Waals surface area contributed by atoms with E-state index >= 15 is 0 Å². The molecule has 0 saturated heterocycles. The van der Waals surface area contributed by atoms with Crippen molar-refractivity contribution in [3.8, 4) is 0 Å². The number of rotatable bonds is 12. The molecule has 0 aliphatic carbocycles. The van der Waals surface area contributed by atoms with Crippen LogP contribution in [0.4, 0.5) is 0 Å². The molecule has 5 nitrogen and oxygen atoms in total. The van der Waals surface area contributed by atoms with Crippen LogP contribution in [-0.2, 0) is 9.47 Å². The third-order valence-corrected chi connectivity index (χ3v) is 2.71. The van der Waals surface area contributed by atoms with Crippen LogP contribution in [0.5, 0.6) is 0 Å². The Morgan fingerprint density at radius 2 is 1.59 bits per heavy atom. The molecule has 0 radical (unpaired) electrons. The van der Waals surface area contributed by atoms with Gasteiger partial charge < -0.3 is 20.1 Å². The van der Waals surface area contributed by atoms with Gasteiger partial charge in [-0.05, 0) is 47.5 Å². The molecule has 0 saturated carbocycles. The molecule has 2 N–H and O–H groups in total. The Morgan fingerprint density at radius 1 is 1.00 bits per heavy atom. The molecule has 0 aromatic rings. The van der Waals surface area contributed by atoms with Gasteiger partial charge in [-0.3, -0.25) is 4.99 Å². The molecule has 0 aromatic heterocycles. The van der Waals surface area contributed by atoms with Crippen LogP contribution in [-0.4, -0.2) is 38.0 Å². The number of allylic oxidation sites excluding steroid dienone is 1. The molecular formula is C17H35N3O2. The van der Waals surface area contributed by atoms with Crippen LogP contribution in [0, 0.1) is 0 Å². The van der Waals surface area contributed by atoms with Crippen molar-refractivity contribution in [2.45, 2.75) is 72.4 Å². The van der Waals surface area contributed by atoms with Crippen LogP contribution in [0.25, 0.3) is 0 Å². The van der Waals surface area contributed by atoms with Gasteiger partial charge in [0.1, 0.15) is 0 Å². The zero-order valence-corrected chi connectivity index (χ0v) is 15.1. The van der Waals surface area contributed by atoms with Crippen LogP contribution in [0.2, 0.25) is 0 Å². The minimum atomic E-state index is 0.310. The zero-order chi connectivity index (χ0) is 16.8. The second-order valence-electron chi connectivity index (χ2n) is 6.12. The number of hydrogen-bond acceptors (Lipinski definition) is 3. The summed E-state index contributed by atoms with van der Waals surface area (Å²) in [6, 6.07) is 0.784. The fraction of sp³-hybridized carbons (Fsp3) is 0.824. The summed E-state index contributed by atoms with van der Waals surface area (Å²) in [5, 5.41) is 6.69. The molecule has 0 heterocycles. The number of aliphatic imine (C=N–C) groups is 1. The van der Waals surface area contributed by atoms with Crippen molar-refractivity contribution in [2.24, 2.45) is 4.99 Å². The highest BCUT2D eigenvalue weighted by molar-refractivity contribution is 5.80. The van der Waals surface area contributed by atoms with Crippen LogP contribution in [0.15, 0.2) is 17.3 Å². The number of nitrogens with one attached hydrogen (secondary N) is 2. The van der Waals surface area contributed by atoms with E-state index in [1.54, 1.807) is 0 Å². The highest BCUT2D eigenvalue weighted by atomic mass is 16.7. The molecule has 0 atom stereocenters. The normalized spacial score (nSPS) is 10.7. The predicted molar refractivity (Wildman–Crippen MR) is 94.0 cm³/mol. The maximum absolute atomic E-state index is 5.35. The van der Waals surface area contributed by atoms with E-state index in [0.29, 0.717) is 24.6 Å². The van der Waals surface area contributed by atoms with E-state index in [-0.39, 0.29) is 0 Å². The molecule has 0 bridgehead atoms. The van der Waals surface area contributed by atoms with Gasteiger partial charge >= 0.3 is 0 Å². The average Bonchev–Trinajstić information content (AvgIpc) is 2.39. The Morgan fingerprint density at radius 3 is 2.14 bits per heavy atom. The monoisotopic (exact) mass is 313 g/mol. The van der Waals surface area contributed by atoms with Crippen LogP contribution >= 0.6 is 0 Å². The second-order valence-corrected chi connectivity index (χ2v) is 6.12. The summed E-state index contributed by atoms with van der Waals surface area (Å²) < 4.78 is 10.5. The molecule has 0 aromatic carbocycles. The van der Waals surface area contributed by atoms with Gasteiger partial charge in [-0.15, -0.1) is 0 Å². The Balaban J connectivity index is 3.62. The Kier molecular flexibility index (Phi) is 12.7. The number of unbranched alkanes of at least 4 members (excludes halogenated alkanes) is 3. The summed E-state index contributed by atoms with van der Waals surface area (Å²) in [5.41, 5.74) is 0. The van der Waals surface area contributed by atoms with Gasteiger partial charge in [0.15, 0.2) is 12.8 Å². The second kappa shape index (κ2) is 13.4. The first-order chi connectivity index (χ1) is 10.4. The average molecular weight is 313 g/mol. The maximum Gasteiger partial charge on any atom is 0.191 e. The summed E-state index contributed by atoms with van der Waals surface area (Å²) in [6.07, 6.45) is 4.49. The van der Waals surface area contributed by atoms with Crippen molar-refractivity contribution in [3.05, 3.63) is 12.3 Å². The van der Waals surface area contributed by atoms with Gasteiger partial charge in [0.25, 0.3) is 0 Å². The number of guanidine groups is 1. The van der Waals surface area contributed by atoms with Gasteiger partial charge in [0, 0.05) is 18.6 Å². The molecule has 0 aliphatic rings. The van der Waals surface area contributed by atoms with Gasteiger partial charge in [-0.2, -0.15) is 0 Å². The fourth-order valence-corrected chi connectivity index (χ4v) is 1.74. The topological polar surface area (TPSA) is 54.9 Å². The Labute approximate surface area is 136 Å². The van der Waals surface area contributed by atoms with Gasteiger partial charge in [0.05, 0.1) is 12.4 Å². The summed E-state index contributed by atoms with van der Waals surface area (Å²) in [4.78, 5) is 4.60. The zero-order valence-electron chi connectivity index (χ0n) is 15.1. The summed E-state index contributed by atoms with van der Waals surface area (Å²) >= 11 is 0. The number of ether oxygens (including phenoxy) is 2. The van der Waals surface area contributed by atoms with Crippen LogP contribution < -0.4 is 10.6 Å². The molecule has 130 valence electrons. The molecule has 0 unspecified atom stereocenters. The van der Waals surface area contributed by atoms with Crippen molar-refractivity contribution in [1.82, 2.24) is 10.6 Å². The predicted octanol–water partition coefficient (Wildman–Crippen LogP) is 3.42. The third-order valence-electron chi connectivity index (χ3n) is 2.71. The minimum absolute atomic E-state index is 0.310. The molecule has 0 fully saturated rings. The van der Waals surface area contributed by atoms with Gasteiger partial charge in [-0.1, -0.05) is 19.4 Å². The lowest BCUT2D eigenvalue weighted by atomic mass is 10.2. The van der Waals surface area contributed by atoms with E-state index in [4.69, 9.17) is 9.47 Å². The highest BCUT2D eigenvalue weighted by Gasteiger charge is 2.02. The van der Waals surface area contributed by atoms with Crippen molar-refractivity contribution < 1.29 is 9.47 Å². The number of nitrogens with zero attached hydrogens (tertiary/aromatic N) is 1. The minimum Gasteiger partial charge on any atom is -0.473 e. The van der Waals surface area contributed by atoms with E-state index in [9.17, 15) is 0 Å². The summed E-state index contributed by atoms with van der Waals surface area (Å²) in [5.74, 6) is 1.60. The Hall–Kier alpha value is -1.23. The molecule has 22 heavy (non-hydrogen) atoms. The van der Waals surface area contributed by atoms with Crippen molar-refractivity contribution in [3.63, 3.8) is 0 Å². The van der Waals surface area contributed by atoms with E-state index in [1.165, 1.54) is 6.42 Å². The highest BCUT2D eigenvalue weighted by Crippen LogP contribution is 2.01. The lowest BCUT2D eigenvalue weighted by molar-refractivity contribution is -0.0233. The fourth-order valence-electron chi connectivity index (χ4n) is 1.74. The SMILES string of the molecule is C=C(C)OCOCCCCCCN=C(NC(C)C)NC(C)C. The summed E-state index contributed by atoms with van der Waals surface area (Å²) in [6.45, 7) is 15.9. The molecular weight excluding hydrogens is 278 g/mol. The summed E-state index contributed by atoms with van der Waals surface area (Å²) in [7, 11) is 0. The quantitative estimate of drug-likeness (QED) is 0.191. The lowest BCUT2D eigenvalue weighted by Crippen LogP contribution is -2.44. The van der Waals surface area contributed by atoms with Crippen LogP contribution in [0.1, 0.15) is 60.3 Å². The third kappa shape index (κ3) is 15.2. The molecule has 0 amide bonds. The van der Waals surface area contributed by atoms with Gasteiger partial charge in [-0.25, -0.2) is 0 Å². The van der Waals surface area contributed by atoms with E-state index in [2.05, 4.69) is 49.9 Å². The van der Waals surface area contributed by atoms with E-state index < -0.39 is 0 Å². The smallest absolute Gasteiger partial charge is 0.191 e. The molecule has 5 heteroatoms. The molecule has 0 rings (SSSR count). The first-order valence-corrected chi connectivity index (χ1v) is 8.35. The molecule has 0 spiro atoms. The van der Waals surface area contributed by atoms with E-state index in [0.717, 1.165) is 38.4 Å². The van der Waals surface area contributed by atoms with Crippen LogP contribution in [0.3, 0.4) is 0 Å². The van der Waals surface area contributed by atoms with Crippen molar-refractivity contribution in [1.29, 1.82) is 0 Å². The lowest BCUT2D eigenvalue weighted by Gasteiger charge is -2.17.